The molecule has 3 rings (SSSR count). The van der Waals surface area contributed by atoms with Crippen LogP contribution >= 0.6 is 22.6 Å². The second kappa shape index (κ2) is 7.73. The number of nitrogens with zero attached hydrogens (tertiary/aromatic N) is 1. The average Bonchev–Trinajstić information content (AvgIpc) is 2.63. The third-order valence-electron chi connectivity index (χ3n) is 3.92. The maximum atomic E-state index is 12.8. The van der Waals surface area contributed by atoms with Gasteiger partial charge < -0.3 is 5.32 Å². The summed E-state index contributed by atoms with van der Waals surface area (Å²) in [5.41, 5.74) is 0.631. The molecule has 0 unspecified atom stereocenters. The lowest BCUT2D eigenvalue weighted by atomic mass is 10.1. The Kier molecular flexibility index (Phi) is 5.59. The molecule has 1 N–H and O–H groups in total. The minimum atomic E-state index is -3.75. The van der Waals surface area contributed by atoms with Crippen molar-refractivity contribution >= 4 is 55.0 Å². The predicted molar refractivity (Wildman–Crippen MR) is 112 cm³/mol. The fraction of sp³-hybridized carbons (Fsp3) is 0.105. The van der Waals surface area contributed by atoms with E-state index in [2.05, 4.69) is 27.9 Å². The smallest absolute Gasteiger partial charge is 0.243 e. The number of hydrogen-bond donors (Lipinski definition) is 1. The molecule has 0 radical (unpaired) electrons. The van der Waals surface area contributed by atoms with E-state index in [1.54, 1.807) is 30.3 Å². The second-order valence-corrected chi connectivity index (χ2v) is 9.12. The first-order valence-electron chi connectivity index (χ1n) is 7.87. The average molecular weight is 480 g/mol. The Balaban J connectivity index is 1.75. The van der Waals surface area contributed by atoms with Crippen molar-refractivity contribution in [2.45, 2.75) is 4.90 Å². The number of rotatable bonds is 5. The van der Waals surface area contributed by atoms with Gasteiger partial charge in [0.1, 0.15) is 0 Å². The molecule has 0 spiro atoms. The van der Waals surface area contributed by atoms with E-state index in [9.17, 15) is 13.2 Å². The van der Waals surface area contributed by atoms with Crippen molar-refractivity contribution in [2.24, 2.45) is 0 Å². The molecule has 7 heteroatoms. The van der Waals surface area contributed by atoms with Gasteiger partial charge in [0.15, 0.2) is 0 Å². The topological polar surface area (TPSA) is 66.5 Å². The van der Waals surface area contributed by atoms with E-state index in [0.717, 1.165) is 18.6 Å². The Morgan fingerprint density at radius 3 is 2.35 bits per heavy atom. The summed E-state index contributed by atoms with van der Waals surface area (Å²) in [7, 11) is -2.35. The van der Waals surface area contributed by atoms with Crippen molar-refractivity contribution in [3.8, 4) is 0 Å². The molecule has 134 valence electrons. The second-order valence-electron chi connectivity index (χ2n) is 5.83. The van der Waals surface area contributed by atoms with E-state index in [1.165, 1.54) is 7.05 Å². The van der Waals surface area contributed by atoms with Crippen LogP contribution in [0.2, 0.25) is 0 Å². The van der Waals surface area contributed by atoms with Crippen LogP contribution < -0.4 is 5.32 Å². The lowest BCUT2D eigenvalue weighted by Crippen LogP contribution is -2.34. The fourth-order valence-electron chi connectivity index (χ4n) is 2.53. The highest BCUT2D eigenvalue weighted by molar-refractivity contribution is 14.1. The van der Waals surface area contributed by atoms with Crippen molar-refractivity contribution < 1.29 is 13.2 Å². The number of carbonyl (C=O) groups excluding carboxylic acids is 1. The van der Waals surface area contributed by atoms with Gasteiger partial charge in [-0.1, -0.05) is 30.3 Å². The molecule has 0 atom stereocenters. The minimum Gasteiger partial charge on any atom is -0.325 e. The van der Waals surface area contributed by atoms with Crippen LogP contribution in [0.3, 0.4) is 0 Å². The summed E-state index contributed by atoms with van der Waals surface area (Å²) in [5, 5.41) is 4.51. The third-order valence-corrected chi connectivity index (χ3v) is 6.44. The van der Waals surface area contributed by atoms with Gasteiger partial charge in [0.25, 0.3) is 0 Å². The molecule has 0 aliphatic rings. The SMILES string of the molecule is CN(CC(=O)Nc1ccc(I)cc1)S(=O)(=O)c1ccc2ccccc2c1. The zero-order valence-electron chi connectivity index (χ0n) is 14.0. The molecule has 26 heavy (non-hydrogen) atoms. The van der Waals surface area contributed by atoms with E-state index in [-0.39, 0.29) is 11.4 Å². The van der Waals surface area contributed by atoms with E-state index in [0.29, 0.717) is 5.69 Å². The Morgan fingerprint density at radius 1 is 1.00 bits per heavy atom. The molecular weight excluding hydrogens is 463 g/mol. The maximum absolute atomic E-state index is 12.8. The van der Waals surface area contributed by atoms with Crippen LogP contribution in [0.25, 0.3) is 10.8 Å². The highest BCUT2D eigenvalue weighted by Crippen LogP contribution is 2.21. The first-order valence-corrected chi connectivity index (χ1v) is 10.4. The highest BCUT2D eigenvalue weighted by atomic mass is 127. The lowest BCUT2D eigenvalue weighted by Gasteiger charge is -2.17. The van der Waals surface area contributed by atoms with Crippen LogP contribution in [0.15, 0.2) is 71.6 Å². The first kappa shape index (κ1) is 18.8. The summed E-state index contributed by atoms with van der Waals surface area (Å²) >= 11 is 2.17. The predicted octanol–water partition coefficient (Wildman–Crippen LogP) is 3.70. The van der Waals surface area contributed by atoms with Crippen LogP contribution in [0.1, 0.15) is 0 Å². The Morgan fingerprint density at radius 2 is 1.65 bits per heavy atom. The quantitative estimate of drug-likeness (QED) is 0.567. The van der Waals surface area contributed by atoms with E-state index < -0.39 is 15.9 Å². The zero-order valence-corrected chi connectivity index (χ0v) is 17.0. The van der Waals surface area contributed by atoms with Crippen LogP contribution in [-0.2, 0) is 14.8 Å². The molecule has 0 aliphatic carbocycles. The monoisotopic (exact) mass is 480 g/mol. The largest absolute Gasteiger partial charge is 0.325 e. The number of halogens is 1. The van der Waals surface area contributed by atoms with Gasteiger partial charge in [-0.05, 0) is 69.8 Å². The molecule has 1 amide bonds. The Labute approximate surface area is 166 Å². The van der Waals surface area contributed by atoms with E-state index in [1.807, 2.05) is 36.4 Å². The lowest BCUT2D eigenvalue weighted by molar-refractivity contribution is -0.116. The van der Waals surface area contributed by atoms with Gasteiger partial charge in [-0.2, -0.15) is 4.31 Å². The number of anilines is 1. The molecule has 0 fully saturated rings. The standard InChI is InChI=1S/C19H17IN2O3S/c1-22(13-19(23)21-17-9-7-16(20)8-10-17)26(24,25)18-11-6-14-4-2-3-5-15(14)12-18/h2-12H,13H2,1H3,(H,21,23). The molecule has 0 heterocycles. The zero-order chi connectivity index (χ0) is 18.7. The van der Waals surface area contributed by atoms with Crippen molar-refractivity contribution in [1.82, 2.24) is 4.31 Å². The summed E-state index contributed by atoms with van der Waals surface area (Å²) < 4.78 is 27.6. The Bertz CT molecular complexity index is 1050. The van der Waals surface area contributed by atoms with Crippen molar-refractivity contribution in [1.29, 1.82) is 0 Å². The number of amides is 1. The number of hydrogen-bond acceptors (Lipinski definition) is 3. The van der Waals surface area contributed by atoms with Gasteiger partial charge in [-0.15, -0.1) is 0 Å². The Hall–Kier alpha value is -1.97. The molecule has 0 saturated carbocycles. The normalized spacial score (nSPS) is 11.7. The number of fused-ring (bicyclic) bond motifs is 1. The van der Waals surface area contributed by atoms with Gasteiger partial charge in [-0.25, -0.2) is 8.42 Å². The molecule has 0 aliphatic heterocycles. The molecule has 0 saturated heterocycles. The molecule has 5 nitrogen and oxygen atoms in total. The van der Waals surface area contributed by atoms with E-state index >= 15 is 0 Å². The van der Waals surface area contributed by atoms with Crippen molar-refractivity contribution in [3.05, 3.63) is 70.3 Å². The number of nitrogens with one attached hydrogen (secondary N) is 1. The number of likely N-dealkylation sites (N-methyl/N-ethyl adjacent to an activating group) is 1. The van der Waals surface area contributed by atoms with Gasteiger partial charge in [-0.3, -0.25) is 4.79 Å². The molecular formula is C19H17IN2O3S. The van der Waals surface area contributed by atoms with E-state index in [4.69, 9.17) is 0 Å². The summed E-state index contributed by atoms with van der Waals surface area (Å²) in [5.74, 6) is -0.391. The first-order chi connectivity index (χ1) is 12.4. The fourth-order valence-corrected chi connectivity index (χ4v) is 4.05. The molecule has 3 aromatic rings. The molecule has 0 bridgehead atoms. The number of benzene rings is 3. The van der Waals surface area contributed by atoms with Crippen molar-refractivity contribution in [3.63, 3.8) is 0 Å². The van der Waals surface area contributed by atoms with Crippen LogP contribution in [0.4, 0.5) is 5.69 Å². The summed E-state index contributed by atoms with van der Waals surface area (Å²) in [6.45, 7) is -0.263. The van der Waals surface area contributed by atoms with Gasteiger partial charge in [0, 0.05) is 16.3 Å². The highest BCUT2D eigenvalue weighted by Gasteiger charge is 2.23. The summed E-state index contributed by atoms with van der Waals surface area (Å²) in [6.07, 6.45) is 0. The molecule has 0 aromatic heterocycles. The van der Waals surface area contributed by atoms with Crippen LogP contribution in [0.5, 0.6) is 0 Å². The minimum absolute atomic E-state index is 0.167. The van der Waals surface area contributed by atoms with Crippen molar-refractivity contribution in [2.75, 3.05) is 18.9 Å². The number of carbonyl (C=O) groups is 1. The van der Waals surface area contributed by atoms with Gasteiger partial charge in [0.2, 0.25) is 15.9 Å². The maximum Gasteiger partial charge on any atom is 0.243 e. The van der Waals surface area contributed by atoms with Crippen LogP contribution in [0, 0.1) is 3.57 Å². The van der Waals surface area contributed by atoms with Gasteiger partial charge >= 0.3 is 0 Å². The summed E-state index contributed by atoms with van der Waals surface area (Å²) in [4.78, 5) is 12.3. The third kappa shape index (κ3) is 4.22. The number of sulfonamides is 1. The summed E-state index contributed by atoms with van der Waals surface area (Å²) in [6, 6.07) is 19.8. The van der Waals surface area contributed by atoms with Gasteiger partial charge in [0.05, 0.1) is 11.4 Å². The van der Waals surface area contributed by atoms with Crippen LogP contribution in [-0.4, -0.2) is 32.2 Å². The molecule has 3 aromatic carbocycles.